The Labute approximate surface area is 168 Å². The Morgan fingerprint density at radius 3 is 2.75 bits per heavy atom. The van der Waals surface area contributed by atoms with Crippen LogP contribution >= 0.6 is 11.8 Å². The average molecular weight is 405 g/mol. The highest BCUT2D eigenvalue weighted by molar-refractivity contribution is 8.18. The standard InChI is InChI=1S/C20H23NO6S/c1-5-10-26-18-14(8-7-9-15(18)25-4)11-16-19(23)21(20(24)28-16)12-17(22)27-13(3)6-2/h5,7-9,11,13H,1,6,10,12H2,2-4H3/b16-11-/t13-/m0/s1. The third kappa shape index (κ3) is 5.16. The number of carbonyl (C=O) groups excluding carboxylic acids is 3. The third-order valence-corrected chi connectivity index (χ3v) is 4.84. The molecule has 1 aliphatic heterocycles. The summed E-state index contributed by atoms with van der Waals surface area (Å²) in [6, 6.07) is 5.22. The van der Waals surface area contributed by atoms with E-state index in [4.69, 9.17) is 14.2 Å². The normalized spacial score (nSPS) is 16.2. The monoisotopic (exact) mass is 405 g/mol. The minimum absolute atomic E-state index is 0.193. The number of carbonyl (C=O) groups is 3. The van der Waals surface area contributed by atoms with Crippen LogP contribution in [0.1, 0.15) is 25.8 Å². The molecule has 0 aromatic heterocycles. The summed E-state index contributed by atoms with van der Waals surface area (Å²) in [4.78, 5) is 37.8. The van der Waals surface area contributed by atoms with Gasteiger partial charge in [-0.3, -0.25) is 19.3 Å². The molecular formula is C20H23NO6S. The van der Waals surface area contributed by atoms with Crippen LogP contribution in [-0.4, -0.2) is 48.4 Å². The van der Waals surface area contributed by atoms with Crippen LogP contribution in [0.15, 0.2) is 35.8 Å². The van der Waals surface area contributed by atoms with Crippen molar-refractivity contribution in [2.45, 2.75) is 26.4 Å². The summed E-state index contributed by atoms with van der Waals surface area (Å²) in [7, 11) is 1.51. The number of rotatable bonds is 9. The van der Waals surface area contributed by atoms with Crippen molar-refractivity contribution in [2.24, 2.45) is 0 Å². The molecule has 1 saturated heterocycles. The van der Waals surface area contributed by atoms with Crippen molar-refractivity contribution in [2.75, 3.05) is 20.3 Å². The largest absolute Gasteiger partial charge is 0.493 e. The molecule has 1 aromatic rings. The number of thioether (sulfide) groups is 1. The number of esters is 1. The van der Waals surface area contributed by atoms with Crippen molar-refractivity contribution in [1.82, 2.24) is 4.90 Å². The number of ether oxygens (including phenoxy) is 3. The van der Waals surface area contributed by atoms with E-state index in [0.717, 1.165) is 16.7 Å². The van der Waals surface area contributed by atoms with Crippen LogP contribution < -0.4 is 9.47 Å². The van der Waals surface area contributed by atoms with Gasteiger partial charge in [0.2, 0.25) is 0 Å². The number of imide groups is 1. The second-order valence-electron chi connectivity index (χ2n) is 5.95. The summed E-state index contributed by atoms with van der Waals surface area (Å²) >= 11 is 0.763. The molecule has 2 amide bonds. The molecule has 8 heteroatoms. The van der Waals surface area contributed by atoms with Crippen LogP contribution in [0.4, 0.5) is 4.79 Å². The summed E-state index contributed by atoms with van der Waals surface area (Å²) in [6.45, 7) is 7.08. The molecule has 0 unspecified atom stereocenters. The first kappa shape index (κ1) is 21.6. The highest BCUT2D eigenvalue weighted by Crippen LogP contribution is 2.37. The average Bonchev–Trinajstić information content (AvgIpc) is 2.93. The lowest BCUT2D eigenvalue weighted by atomic mass is 10.1. The maximum Gasteiger partial charge on any atom is 0.326 e. The number of hydrogen-bond donors (Lipinski definition) is 0. The molecule has 7 nitrogen and oxygen atoms in total. The number of amides is 2. The number of benzene rings is 1. The van der Waals surface area contributed by atoms with Crippen molar-refractivity contribution in [3.8, 4) is 11.5 Å². The van der Waals surface area contributed by atoms with Gasteiger partial charge in [-0.2, -0.15) is 0 Å². The molecule has 0 aliphatic carbocycles. The minimum Gasteiger partial charge on any atom is -0.493 e. The molecule has 1 aromatic carbocycles. The predicted molar refractivity (Wildman–Crippen MR) is 107 cm³/mol. The van der Waals surface area contributed by atoms with Crippen LogP contribution in [0, 0.1) is 0 Å². The molecule has 1 atom stereocenters. The number of hydrogen-bond acceptors (Lipinski definition) is 7. The van der Waals surface area contributed by atoms with E-state index in [1.807, 2.05) is 6.92 Å². The van der Waals surface area contributed by atoms with E-state index in [-0.39, 0.29) is 17.6 Å². The van der Waals surface area contributed by atoms with E-state index in [0.29, 0.717) is 23.5 Å². The van der Waals surface area contributed by atoms with Gasteiger partial charge in [-0.05, 0) is 37.2 Å². The zero-order chi connectivity index (χ0) is 20.7. The van der Waals surface area contributed by atoms with Gasteiger partial charge >= 0.3 is 5.97 Å². The highest BCUT2D eigenvalue weighted by atomic mass is 32.2. The highest BCUT2D eigenvalue weighted by Gasteiger charge is 2.37. The van der Waals surface area contributed by atoms with Crippen molar-refractivity contribution >= 4 is 35.0 Å². The topological polar surface area (TPSA) is 82.1 Å². The van der Waals surface area contributed by atoms with Crippen LogP contribution in [0.2, 0.25) is 0 Å². The minimum atomic E-state index is -0.616. The number of nitrogens with zero attached hydrogens (tertiary/aromatic N) is 1. The summed E-state index contributed by atoms with van der Waals surface area (Å²) in [6.07, 6.45) is 3.51. The fraction of sp³-hybridized carbons (Fsp3) is 0.350. The molecule has 0 bridgehead atoms. The van der Waals surface area contributed by atoms with Crippen molar-refractivity contribution in [3.63, 3.8) is 0 Å². The van der Waals surface area contributed by atoms with E-state index in [2.05, 4.69) is 6.58 Å². The Bertz CT molecular complexity index is 804. The maximum atomic E-state index is 12.6. The van der Waals surface area contributed by atoms with E-state index in [9.17, 15) is 14.4 Å². The number of para-hydroxylation sites is 1. The van der Waals surface area contributed by atoms with Gasteiger partial charge in [0.15, 0.2) is 11.5 Å². The summed E-state index contributed by atoms with van der Waals surface area (Å²) < 4.78 is 16.1. The quantitative estimate of drug-likeness (QED) is 0.352. The molecule has 28 heavy (non-hydrogen) atoms. The van der Waals surface area contributed by atoms with E-state index in [1.165, 1.54) is 7.11 Å². The Kier molecular flexibility index (Phi) is 7.69. The van der Waals surface area contributed by atoms with Crippen molar-refractivity contribution in [3.05, 3.63) is 41.3 Å². The van der Waals surface area contributed by atoms with Crippen LogP contribution in [0.5, 0.6) is 11.5 Å². The summed E-state index contributed by atoms with van der Waals surface area (Å²) in [5.41, 5.74) is 0.578. The summed E-state index contributed by atoms with van der Waals surface area (Å²) in [5, 5.41) is -0.520. The van der Waals surface area contributed by atoms with E-state index in [1.54, 1.807) is 37.3 Å². The van der Waals surface area contributed by atoms with Gasteiger partial charge in [0.05, 0.1) is 18.1 Å². The van der Waals surface area contributed by atoms with Gasteiger partial charge in [-0.25, -0.2) is 0 Å². The third-order valence-electron chi connectivity index (χ3n) is 3.93. The Balaban J connectivity index is 2.24. The van der Waals surface area contributed by atoms with Gasteiger partial charge in [-0.15, -0.1) is 0 Å². The Hall–Kier alpha value is -2.74. The van der Waals surface area contributed by atoms with Gasteiger partial charge in [-0.1, -0.05) is 31.7 Å². The zero-order valence-corrected chi connectivity index (χ0v) is 16.9. The molecule has 0 saturated carbocycles. The second kappa shape index (κ2) is 9.98. The lowest BCUT2D eigenvalue weighted by Crippen LogP contribution is -2.35. The predicted octanol–water partition coefficient (Wildman–Crippen LogP) is 3.64. The first-order valence-corrected chi connectivity index (χ1v) is 9.58. The lowest BCUT2D eigenvalue weighted by Gasteiger charge is -2.15. The van der Waals surface area contributed by atoms with Gasteiger partial charge in [0.1, 0.15) is 13.2 Å². The molecule has 0 N–H and O–H groups in total. The Morgan fingerprint density at radius 2 is 2.11 bits per heavy atom. The smallest absolute Gasteiger partial charge is 0.326 e. The first-order chi connectivity index (χ1) is 13.4. The zero-order valence-electron chi connectivity index (χ0n) is 16.1. The molecule has 1 aliphatic rings. The maximum absolute atomic E-state index is 12.6. The second-order valence-corrected chi connectivity index (χ2v) is 6.95. The van der Waals surface area contributed by atoms with E-state index < -0.39 is 23.7 Å². The van der Waals surface area contributed by atoms with Gasteiger partial charge in [0, 0.05) is 5.56 Å². The Morgan fingerprint density at radius 1 is 1.36 bits per heavy atom. The molecule has 150 valence electrons. The van der Waals surface area contributed by atoms with Crippen molar-refractivity contribution in [1.29, 1.82) is 0 Å². The SMILES string of the molecule is C=CCOc1c(/C=C2\SC(=O)N(CC(=O)O[C@@H](C)CC)C2=O)cccc1OC. The molecule has 1 heterocycles. The number of methoxy groups -OCH3 is 1. The fourth-order valence-corrected chi connectivity index (χ4v) is 3.18. The van der Waals surface area contributed by atoms with Crippen LogP contribution in [0.25, 0.3) is 6.08 Å². The first-order valence-electron chi connectivity index (χ1n) is 8.76. The van der Waals surface area contributed by atoms with E-state index >= 15 is 0 Å². The van der Waals surface area contributed by atoms with Crippen molar-refractivity contribution < 1.29 is 28.6 Å². The van der Waals surface area contributed by atoms with Gasteiger partial charge < -0.3 is 14.2 Å². The fourth-order valence-electron chi connectivity index (χ4n) is 2.36. The van der Waals surface area contributed by atoms with Gasteiger partial charge in [0.25, 0.3) is 11.1 Å². The molecule has 1 fully saturated rings. The summed E-state index contributed by atoms with van der Waals surface area (Å²) in [5.74, 6) is -0.234. The lowest BCUT2D eigenvalue weighted by molar-refractivity contribution is -0.150. The van der Waals surface area contributed by atoms with Crippen LogP contribution in [-0.2, 0) is 14.3 Å². The van der Waals surface area contributed by atoms with Crippen LogP contribution in [0.3, 0.4) is 0 Å². The molecule has 2 rings (SSSR count). The molecule has 0 radical (unpaired) electrons. The molecular weight excluding hydrogens is 382 g/mol. The molecule has 0 spiro atoms.